The van der Waals surface area contributed by atoms with Gasteiger partial charge in [0.15, 0.2) is 0 Å². The Morgan fingerprint density at radius 2 is 2.05 bits per heavy atom. The minimum atomic E-state index is -0.325. The van der Waals surface area contributed by atoms with E-state index in [0.29, 0.717) is 11.4 Å². The molecule has 1 aromatic rings. The zero-order chi connectivity index (χ0) is 14.5. The summed E-state index contributed by atoms with van der Waals surface area (Å²) in [5.74, 6) is 0.597. The molecule has 0 aromatic heterocycles. The molecule has 0 spiro atoms. The third-order valence-corrected chi connectivity index (χ3v) is 4.32. The molecule has 110 valence electrons. The molecule has 2 rings (SSSR count). The van der Waals surface area contributed by atoms with E-state index in [1.165, 1.54) is 11.8 Å². The highest BCUT2D eigenvalue weighted by atomic mass is 32.2. The van der Waals surface area contributed by atoms with E-state index in [1.807, 2.05) is 6.07 Å². The summed E-state index contributed by atoms with van der Waals surface area (Å²) < 4.78 is 0. The van der Waals surface area contributed by atoms with Crippen molar-refractivity contribution in [1.29, 1.82) is 0 Å². The van der Waals surface area contributed by atoms with Gasteiger partial charge in [-0.2, -0.15) is 0 Å². The highest BCUT2D eigenvalue weighted by molar-refractivity contribution is 7.99. The van der Waals surface area contributed by atoms with Crippen molar-refractivity contribution in [3.63, 3.8) is 0 Å². The topological polar surface area (TPSA) is 69.8 Å². The van der Waals surface area contributed by atoms with E-state index in [1.54, 1.807) is 12.1 Å². The maximum absolute atomic E-state index is 11.2. The standard InChI is InChI=1S/C13H19N3O3S/c1-14-4-6-15(7-5-14)13-10-11(20-9-8-17)2-3-12(13)16(18)19/h2-3,10,17H,4-9H2,1H3. The van der Waals surface area contributed by atoms with Crippen molar-refractivity contribution in [2.45, 2.75) is 4.90 Å². The van der Waals surface area contributed by atoms with Crippen molar-refractivity contribution in [3.8, 4) is 0 Å². The van der Waals surface area contributed by atoms with Gasteiger partial charge < -0.3 is 14.9 Å². The number of aliphatic hydroxyl groups is 1. The number of nitro groups is 1. The van der Waals surface area contributed by atoms with Gasteiger partial charge in [0, 0.05) is 42.9 Å². The number of aliphatic hydroxyl groups excluding tert-OH is 1. The molecule has 7 heteroatoms. The number of hydrogen-bond acceptors (Lipinski definition) is 6. The number of hydrogen-bond donors (Lipinski definition) is 1. The molecule has 1 N–H and O–H groups in total. The molecular weight excluding hydrogens is 278 g/mol. The molecule has 1 fully saturated rings. The molecule has 0 saturated carbocycles. The normalized spacial score (nSPS) is 16.4. The summed E-state index contributed by atoms with van der Waals surface area (Å²) >= 11 is 1.51. The smallest absolute Gasteiger partial charge is 0.292 e. The van der Waals surface area contributed by atoms with Gasteiger partial charge in [0.2, 0.25) is 0 Å². The average Bonchev–Trinajstić information content (AvgIpc) is 2.45. The monoisotopic (exact) mass is 297 g/mol. The Kier molecular flexibility index (Phi) is 5.22. The van der Waals surface area contributed by atoms with Crippen molar-refractivity contribution in [1.82, 2.24) is 4.90 Å². The molecule has 1 heterocycles. The summed E-state index contributed by atoms with van der Waals surface area (Å²) in [7, 11) is 2.05. The maximum Gasteiger partial charge on any atom is 0.292 e. The van der Waals surface area contributed by atoms with Crippen LogP contribution in [-0.4, -0.2) is 60.5 Å². The molecule has 1 aliphatic heterocycles. The first kappa shape index (κ1) is 15.1. The molecule has 0 radical (unpaired) electrons. The number of thioether (sulfide) groups is 1. The van der Waals surface area contributed by atoms with E-state index in [9.17, 15) is 10.1 Å². The fourth-order valence-corrected chi connectivity index (χ4v) is 2.90. The van der Waals surface area contributed by atoms with Gasteiger partial charge >= 0.3 is 0 Å². The number of nitrogens with zero attached hydrogens (tertiary/aromatic N) is 3. The second-order valence-corrected chi connectivity index (χ2v) is 5.94. The highest BCUT2D eigenvalue weighted by Crippen LogP contribution is 2.33. The van der Waals surface area contributed by atoms with Crippen molar-refractivity contribution < 1.29 is 10.0 Å². The van der Waals surface area contributed by atoms with E-state index in [4.69, 9.17) is 5.11 Å². The number of benzene rings is 1. The van der Waals surface area contributed by atoms with E-state index >= 15 is 0 Å². The van der Waals surface area contributed by atoms with Gasteiger partial charge in [-0.3, -0.25) is 10.1 Å². The first-order chi connectivity index (χ1) is 9.61. The first-order valence-corrected chi connectivity index (χ1v) is 7.56. The molecule has 0 unspecified atom stereocenters. The van der Waals surface area contributed by atoms with Gasteiger partial charge in [0.25, 0.3) is 5.69 Å². The largest absolute Gasteiger partial charge is 0.396 e. The Hall–Kier alpha value is -1.31. The van der Waals surface area contributed by atoms with Crippen LogP contribution in [0.2, 0.25) is 0 Å². The predicted octanol–water partition coefficient (Wildman–Crippen LogP) is 1.43. The second-order valence-electron chi connectivity index (χ2n) is 4.77. The molecule has 0 bridgehead atoms. The lowest BCUT2D eigenvalue weighted by Gasteiger charge is -2.33. The quantitative estimate of drug-likeness (QED) is 0.504. The van der Waals surface area contributed by atoms with Crippen LogP contribution in [0.15, 0.2) is 23.1 Å². The van der Waals surface area contributed by atoms with Crippen molar-refractivity contribution in [2.75, 3.05) is 50.5 Å². The van der Waals surface area contributed by atoms with Crippen LogP contribution in [-0.2, 0) is 0 Å². The van der Waals surface area contributed by atoms with Crippen LogP contribution >= 0.6 is 11.8 Å². The van der Waals surface area contributed by atoms with E-state index in [0.717, 1.165) is 31.1 Å². The first-order valence-electron chi connectivity index (χ1n) is 6.57. The summed E-state index contributed by atoms with van der Waals surface area (Å²) in [4.78, 5) is 16.1. The summed E-state index contributed by atoms with van der Waals surface area (Å²) in [6.07, 6.45) is 0. The number of piperazine rings is 1. The fourth-order valence-electron chi connectivity index (χ4n) is 2.21. The summed E-state index contributed by atoms with van der Waals surface area (Å²) in [6.45, 7) is 3.51. The van der Waals surface area contributed by atoms with Crippen LogP contribution in [0.1, 0.15) is 0 Å². The molecule has 1 saturated heterocycles. The Bertz CT molecular complexity index is 476. The molecular formula is C13H19N3O3S. The molecule has 1 aromatic carbocycles. The van der Waals surface area contributed by atoms with Gasteiger partial charge in [0.05, 0.1) is 11.5 Å². The van der Waals surface area contributed by atoms with Gasteiger partial charge in [-0.05, 0) is 19.2 Å². The summed E-state index contributed by atoms with van der Waals surface area (Å²) in [6, 6.07) is 5.18. The summed E-state index contributed by atoms with van der Waals surface area (Å²) in [5.41, 5.74) is 0.842. The Morgan fingerprint density at radius 1 is 1.35 bits per heavy atom. The van der Waals surface area contributed by atoms with Crippen molar-refractivity contribution in [3.05, 3.63) is 28.3 Å². The van der Waals surface area contributed by atoms with E-state index in [-0.39, 0.29) is 17.2 Å². The van der Waals surface area contributed by atoms with Crippen molar-refractivity contribution >= 4 is 23.1 Å². The average molecular weight is 297 g/mol. The number of likely N-dealkylation sites (N-methyl/N-ethyl adjacent to an activating group) is 1. The Balaban J connectivity index is 2.24. The molecule has 6 nitrogen and oxygen atoms in total. The van der Waals surface area contributed by atoms with E-state index < -0.39 is 0 Å². The SMILES string of the molecule is CN1CCN(c2cc(SCCO)ccc2[N+](=O)[O-])CC1. The Morgan fingerprint density at radius 3 is 2.65 bits per heavy atom. The third-order valence-electron chi connectivity index (χ3n) is 3.35. The lowest BCUT2D eigenvalue weighted by atomic mass is 10.2. The van der Waals surface area contributed by atoms with Crippen LogP contribution in [0.3, 0.4) is 0 Å². The lowest BCUT2D eigenvalue weighted by Crippen LogP contribution is -2.44. The van der Waals surface area contributed by atoms with Crippen LogP contribution in [0.5, 0.6) is 0 Å². The number of nitro benzene ring substituents is 1. The van der Waals surface area contributed by atoms with E-state index in [2.05, 4.69) is 16.8 Å². The molecule has 0 aliphatic carbocycles. The predicted molar refractivity (Wildman–Crippen MR) is 80.6 cm³/mol. The minimum absolute atomic E-state index is 0.103. The lowest BCUT2D eigenvalue weighted by molar-refractivity contribution is -0.384. The van der Waals surface area contributed by atoms with Crippen LogP contribution < -0.4 is 4.90 Å². The van der Waals surface area contributed by atoms with Crippen LogP contribution in [0.4, 0.5) is 11.4 Å². The zero-order valence-corrected chi connectivity index (χ0v) is 12.3. The highest BCUT2D eigenvalue weighted by Gasteiger charge is 2.22. The molecule has 0 amide bonds. The van der Waals surface area contributed by atoms with Gasteiger partial charge in [-0.25, -0.2) is 0 Å². The zero-order valence-electron chi connectivity index (χ0n) is 11.5. The maximum atomic E-state index is 11.2. The van der Waals surface area contributed by atoms with Crippen LogP contribution in [0.25, 0.3) is 0 Å². The fraction of sp³-hybridized carbons (Fsp3) is 0.538. The Labute approximate surface area is 122 Å². The minimum Gasteiger partial charge on any atom is -0.396 e. The molecule has 0 atom stereocenters. The molecule has 20 heavy (non-hydrogen) atoms. The number of anilines is 1. The van der Waals surface area contributed by atoms with Crippen LogP contribution in [0, 0.1) is 10.1 Å². The molecule has 1 aliphatic rings. The number of rotatable bonds is 5. The third kappa shape index (κ3) is 3.62. The van der Waals surface area contributed by atoms with Gasteiger partial charge in [-0.15, -0.1) is 11.8 Å². The second kappa shape index (κ2) is 6.92. The van der Waals surface area contributed by atoms with Crippen molar-refractivity contribution in [2.24, 2.45) is 0 Å². The summed E-state index contributed by atoms with van der Waals surface area (Å²) in [5, 5.41) is 20.0. The van der Waals surface area contributed by atoms with Gasteiger partial charge in [-0.1, -0.05) is 0 Å². The van der Waals surface area contributed by atoms with Gasteiger partial charge in [0.1, 0.15) is 5.69 Å².